The molecular formula is C25H25FN2O3. The Kier molecular flexibility index (Phi) is 5.10. The summed E-state index contributed by atoms with van der Waals surface area (Å²) in [7, 11) is 0. The van der Waals surface area contributed by atoms with Crippen LogP contribution in [0.3, 0.4) is 0 Å². The van der Waals surface area contributed by atoms with Crippen molar-refractivity contribution in [2.45, 2.75) is 37.3 Å². The molecule has 2 saturated heterocycles. The summed E-state index contributed by atoms with van der Waals surface area (Å²) >= 11 is 0. The summed E-state index contributed by atoms with van der Waals surface area (Å²) in [6, 6.07) is 13.4. The highest BCUT2D eigenvalue weighted by molar-refractivity contribution is 5.97. The van der Waals surface area contributed by atoms with E-state index in [9.17, 15) is 19.1 Å². The van der Waals surface area contributed by atoms with Crippen LogP contribution >= 0.6 is 0 Å². The molecule has 31 heavy (non-hydrogen) atoms. The Balaban J connectivity index is 1.37. The van der Waals surface area contributed by atoms with E-state index in [0.29, 0.717) is 12.1 Å². The van der Waals surface area contributed by atoms with Crippen molar-refractivity contribution in [3.8, 4) is 0 Å². The van der Waals surface area contributed by atoms with Crippen molar-refractivity contribution in [2.75, 3.05) is 19.7 Å². The average molecular weight is 420 g/mol. The van der Waals surface area contributed by atoms with Crippen LogP contribution in [0.25, 0.3) is 5.57 Å². The number of carbonyl (C=O) groups is 2. The van der Waals surface area contributed by atoms with E-state index in [1.165, 1.54) is 46.7 Å². The highest BCUT2D eigenvalue weighted by Crippen LogP contribution is 2.43. The van der Waals surface area contributed by atoms with Crippen LogP contribution in [0.2, 0.25) is 0 Å². The number of aliphatic hydroxyl groups is 1. The number of rotatable bonds is 4. The van der Waals surface area contributed by atoms with Crippen LogP contribution in [0, 0.1) is 5.82 Å². The standard InChI is InChI=1S/C25H25FN2O3/c26-20-11-9-19(10-12-20)25(31)27-13-21-24(22(15-29)28(21)23(30)14-27)18-7-5-17(6-8-18)16-3-1-2-4-16/h3,5-12,21-22,24,29H,1-2,4,13-15H2/t21-,22+,24-/m0/s1. The highest BCUT2D eigenvalue weighted by Gasteiger charge is 2.54. The summed E-state index contributed by atoms with van der Waals surface area (Å²) in [5, 5.41) is 9.96. The maximum absolute atomic E-state index is 13.2. The lowest BCUT2D eigenvalue weighted by atomic mass is 9.73. The minimum atomic E-state index is -0.404. The first kappa shape index (κ1) is 19.9. The first-order chi connectivity index (χ1) is 15.1. The Morgan fingerprint density at radius 3 is 2.48 bits per heavy atom. The van der Waals surface area contributed by atoms with Crippen LogP contribution < -0.4 is 0 Å². The fourth-order valence-electron chi connectivity index (χ4n) is 5.28. The van der Waals surface area contributed by atoms with E-state index in [2.05, 4.69) is 30.3 Å². The Labute approximate surface area is 180 Å². The zero-order chi connectivity index (χ0) is 21.5. The molecule has 2 aromatic rings. The van der Waals surface area contributed by atoms with Gasteiger partial charge in [0.2, 0.25) is 5.91 Å². The maximum Gasteiger partial charge on any atom is 0.254 e. The van der Waals surface area contributed by atoms with Crippen molar-refractivity contribution in [3.63, 3.8) is 0 Å². The summed E-state index contributed by atoms with van der Waals surface area (Å²) in [6.07, 6.45) is 5.72. The van der Waals surface area contributed by atoms with Crippen molar-refractivity contribution < 1.29 is 19.1 Å². The summed E-state index contributed by atoms with van der Waals surface area (Å²) in [4.78, 5) is 28.9. The van der Waals surface area contributed by atoms with Crippen molar-refractivity contribution in [2.24, 2.45) is 0 Å². The lowest BCUT2D eigenvalue weighted by Gasteiger charge is -2.58. The Hall–Kier alpha value is -2.99. The molecule has 0 aromatic heterocycles. The fraction of sp³-hybridized carbons (Fsp3) is 0.360. The van der Waals surface area contributed by atoms with Crippen LogP contribution in [-0.2, 0) is 4.79 Å². The SMILES string of the molecule is O=C(c1ccc(F)cc1)N1CC(=O)N2[C@H](CO)[C@@H](c3ccc(C4=CCCC4)cc3)[C@@H]2C1. The summed E-state index contributed by atoms with van der Waals surface area (Å²) in [6.45, 7) is 0.269. The second-order valence-corrected chi connectivity index (χ2v) is 8.58. The molecule has 0 radical (unpaired) electrons. The van der Waals surface area contributed by atoms with E-state index in [-0.39, 0.29) is 43.0 Å². The molecule has 5 nitrogen and oxygen atoms in total. The second-order valence-electron chi connectivity index (χ2n) is 8.58. The Morgan fingerprint density at radius 2 is 1.84 bits per heavy atom. The zero-order valence-electron chi connectivity index (χ0n) is 17.2. The normalized spacial score (nSPS) is 25.2. The van der Waals surface area contributed by atoms with Gasteiger partial charge in [-0.1, -0.05) is 30.3 Å². The largest absolute Gasteiger partial charge is 0.394 e. The van der Waals surface area contributed by atoms with E-state index >= 15 is 0 Å². The molecule has 2 aliphatic heterocycles. The lowest BCUT2D eigenvalue weighted by Crippen LogP contribution is -2.73. The summed E-state index contributed by atoms with van der Waals surface area (Å²) in [5.74, 6) is -0.860. The first-order valence-corrected chi connectivity index (χ1v) is 10.8. The summed E-state index contributed by atoms with van der Waals surface area (Å²) in [5.41, 5.74) is 4.05. The zero-order valence-corrected chi connectivity index (χ0v) is 17.2. The number of carbonyl (C=O) groups excluding carboxylic acids is 2. The van der Waals surface area contributed by atoms with Crippen LogP contribution in [0.1, 0.15) is 46.7 Å². The van der Waals surface area contributed by atoms with Gasteiger partial charge < -0.3 is 14.9 Å². The number of hydrogen-bond donors (Lipinski definition) is 1. The summed E-state index contributed by atoms with van der Waals surface area (Å²) < 4.78 is 13.2. The van der Waals surface area contributed by atoms with Crippen LogP contribution in [0.5, 0.6) is 0 Å². The minimum Gasteiger partial charge on any atom is -0.394 e. The third kappa shape index (κ3) is 3.45. The molecule has 3 aliphatic rings. The maximum atomic E-state index is 13.2. The number of benzene rings is 2. The van der Waals surface area contributed by atoms with Crippen LogP contribution in [-0.4, -0.2) is 58.5 Å². The van der Waals surface area contributed by atoms with Gasteiger partial charge in [-0.05, 0) is 60.2 Å². The number of hydrogen-bond acceptors (Lipinski definition) is 3. The van der Waals surface area contributed by atoms with Crippen LogP contribution in [0.4, 0.5) is 4.39 Å². The van der Waals surface area contributed by atoms with Gasteiger partial charge in [-0.25, -0.2) is 4.39 Å². The topological polar surface area (TPSA) is 60.9 Å². The van der Waals surface area contributed by atoms with E-state index in [1.807, 2.05) is 0 Å². The lowest BCUT2D eigenvalue weighted by molar-refractivity contribution is -0.159. The fourth-order valence-corrected chi connectivity index (χ4v) is 5.28. The monoisotopic (exact) mass is 420 g/mol. The van der Waals surface area contributed by atoms with Crippen molar-refractivity contribution >= 4 is 17.4 Å². The molecule has 0 spiro atoms. The van der Waals surface area contributed by atoms with Gasteiger partial charge in [0.15, 0.2) is 0 Å². The number of amides is 2. The number of aliphatic hydroxyl groups excluding tert-OH is 1. The predicted molar refractivity (Wildman–Crippen MR) is 115 cm³/mol. The molecule has 3 atom stereocenters. The van der Waals surface area contributed by atoms with E-state index in [1.54, 1.807) is 4.90 Å². The number of nitrogens with zero attached hydrogens (tertiary/aromatic N) is 2. The van der Waals surface area contributed by atoms with Gasteiger partial charge in [-0.2, -0.15) is 0 Å². The molecule has 2 amide bonds. The van der Waals surface area contributed by atoms with Gasteiger partial charge in [-0.15, -0.1) is 0 Å². The Morgan fingerprint density at radius 1 is 1.10 bits per heavy atom. The molecule has 1 aliphatic carbocycles. The molecule has 2 heterocycles. The van der Waals surface area contributed by atoms with Gasteiger partial charge in [0, 0.05) is 18.0 Å². The Bertz CT molecular complexity index is 1030. The smallest absolute Gasteiger partial charge is 0.254 e. The first-order valence-electron chi connectivity index (χ1n) is 10.8. The molecule has 2 aromatic carbocycles. The molecule has 1 N–H and O–H groups in total. The van der Waals surface area contributed by atoms with Crippen molar-refractivity contribution in [3.05, 3.63) is 77.1 Å². The average Bonchev–Trinajstić information content (AvgIpc) is 3.30. The van der Waals surface area contributed by atoms with Crippen molar-refractivity contribution in [1.82, 2.24) is 9.80 Å². The van der Waals surface area contributed by atoms with Crippen molar-refractivity contribution in [1.29, 1.82) is 0 Å². The van der Waals surface area contributed by atoms with Gasteiger partial charge in [-0.3, -0.25) is 9.59 Å². The number of piperazine rings is 1. The number of fused-ring (bicyclic) bond motifs is 1. The third-order valence-corrected chi connectivity index (χ3v) is 6.84. The molecule has 0 saturated carbocycles. The molecule has 6 heteroatoms. The second kappa shape index (κ2) is 7.93. The quantitative estimate of drug-likeness (QED) is 0.826. The van der Waals surface area contributed by atoms with E-state index in [0.717, 1.165) is 18.4 Å². The molecular weight excluding hydrogens is 395 g/mol. The van der Waals surface area contributed by atoms with Gasteiger partial charge >= 0.3 is 0 Å². The molecule has 160 valence electrons. The minimum absolute atomic E-state index is 0.0237. The van der Waals surface area contributed by atoms with E-state index in [4.69, 9.17) is 0 Å². The molecule has 2 fully saturated rings. The third-order valence-electron chi connectivity index (χ3n) is 6.84. The highest BCUT2D eigenvalue weighted by atomic mass is 19.1. The van der Waals surface area contributed by atoms with E-state index < -0.39 is 5.82 Å². The van der Waals surface area contributed by atoms with Gasteiger partial charge in [0.05, 0.1) is 18.7 Å². The van der Waals surface area contributed by atoms with Crippen LogP contribution in [0.15, 0.2) is 54.6 Å². The van der Waals surface area contributed by atoms with Gasteiger partial charge in [0.25, 0.3) is 5.91 Å². The van der Waals surface area contributed by atoms with Gasteiger partial charge in [0.1, 0.15) is 12.4 Å². The molecule has 0 bridgehead atoms. The predicted octanol–water partition coefficient (Wildman–Crippen LogP) is 3.20. The number of halogens is 1. The molecule has 0 unspecified atom stereocenters. The number of allylic oxidation sites excluding steroid dienone is 2. The molecule has 5 rings (SSSR count).